The van der Waals surface area contributed by atoms with Gasteiger partial charge in [-0.3, -0.25) is 4.90 Å². The molecule has 0 atom stereocenters. The largest absolute Gasteiger partial charge is 0.317 e. The number of thiazole rings is 1. The standard InChI is InChI=1S/C11H19N3S.ClH/c1-9-13-10(8-15-9)7-14(2)11-3-5-12-6-4-11;/h8,11-12H,3-7H2,1-2H3;1H. The summed E-state index contributed by atoms with van der Waals surface area (Å²) in [7, 11) is 2.21. The molecule has 2 heterocycles. The fraction of sp³-hybridized carbons (Fsp3) is 0.727. The number of hydrogen-bond donors (Lipinski definition) is 1. The van der Waals surface area contributed by atoms with Gasteiger partial charge in [0.15, 0.2) is 0 Å². The second-order valence-corrected chi connectivity index (χ2v) is 5.32. The molecule has 1 aromatic heterocycles. The maximum atomic E-state index is 4.51. The van der Waals surface area contributed by atoms with Crippen molar-refractivity contribution in [2.24, 2.45) is 0 Å². The minimum Gasteiger partial charge on any atom is -0.317 e. The number of nitrogens with one attached hydrogen (secondary N) is 1. The van der Waals surface area contributed by atoms with Crippen LogP contribution in [0, 0.1) is 6.92 Å². The molecule has 2 rings (SSSR count). The molecule has 0 radical (unpaired) electrons. The predicted molar refractivity (Wildman–Crippen MR) is 71.5 cm³/mol. The topological polar surface area (TPSA) is 28.2 Å². The Hall–Kier alpha value is -0.160. The monoisotopic (exact) mass is 261 g/mol. The van der Waals surface area contributed by atoms with Crippen molar-refractivity contribution in [3.8, 4) is 0 Å². The average molecular weight is 262 g/mol. The van der Waals surface area contributed by atoms with Crippen molar-refractivity contribution in [1.29, 1.82) is 0 Å². The Bertz CT molecular complexity index is 310. The minimum absolute atomic E-state index is 0. The molecule has 0 aliphatic carbocycles. The molecular weight excluding hydrogens is 242 g/mol. The van der Waals surface area contributed by atoms with Crippen LogP contribution in [-0.4, -0.2) is 36.1 Å². The normalized spacial score (nSPS) is 17.4. The van der Waals surface area contributed by atoms with Crippen molar-refractivity contribution in [2.75, 3.05) is 20.1 Å². The Morgan fingerprint density at radius 2 is 2.19 bits per heavy atom. The average Bonchev–Trinajstić information content (AvgIpc) is 2.65. The van der Waals surface area contributed by atoms with Gasteiger partial charge in [-0.05, 0) is 39.9 Å². The summed E-state index contributed by atoms with van der Waals surface area (Å²) in [6, 6.07) is 0.730. The second kappa shape index (κ2) is 6.55. The number of aryl methyl sites for hydroxylation is 1. The molecule has 5 heteroatoms. The maximum Gasteiger partial charge on any atom is 0.0897 e. The van der Waals surface area contributed by atoms with E-state index in [4.69, 9.17) is 0 Å². The van der Waals surface area contributed by atoms with Gasteiger partial charge < -0.3 is 5.32 Å². The Morgan fingerprint density at radius 1 is 1.50 bits per heavy atom. The van der Waals surface area contributed by atoms with Crippen LogP contribution in [0.3, 0.4) is 0 Å². The van der Waals surface area contributed by atoms with Crippen molar-refractivity contribution in [3.63, 3.8) is 0 Å². The van der Waals surface area contributed by atoms with Crippen molar-refractivity contribution in [3.05, 3.63) is 16.1 Å². The van der Waals surface area contributed by atoms with Gasteiger partial charge in [-0.2, -0.15) is 0 Å². The summed E-state index contributed by atoms with van der Waals surface area (Å²) in [5.41, 5.74) is 1.22. The highest BCUT2D eigenvalue weighted by molar-refractivity contribution is 7.09. The first kappa shape index (κ1) is 13.9. The Morgan fingerprint density at radius 3 is 2.75 bits per heavy atom. The molecule has 0 spiro atoms. The molecule has 1 aliphatic heterocycles. The Balaban J connectivity index is 0.00000128. The zero-order valence-corrected chi connectivity index (χ0v) is 11.5. The fourth-order valence-corrected chi connectivity index (χ4v) is 2.72. The van der Waals surface area contributed by atoms with Crippen molar-refractivity contribution >= 4 is 23.7 Å². The molecule has 0 saturated carbocycles. The van der Waals surface area contributed by atoms with Crippen LogP contribution >= 0.6 is 23.7 Å². The van der Waals surface area contributed by atoms with Crippen LogP contribution < -0.4 is 5.32 Å². The van der Waals surface area contributed by atoms with E-state index in [9.17, 15) is 0 Å². The lowest BCUT2D eigenvalue weighted by Gasteiger charge is -2.31. The van der Waals surface area contributed by atoms with E-state index in [1.165, 1.54) is 23.5 Å². The molecule has 1 N–H and O–H groups in total. The van der Waals surface area contributed by atoms with Gasteiger partial charge in [0.25, 0.3) is 0 Å². The summed E-state index contributed by atoms with van der Waals surface area (Å²) in [5.74, 6) is 0. The van der Waals surface area contributed by atoms with Crippen LogP contribution in [0.25, 0.3) is 0 Å². The first-order valence-electron chi connectivity index (χ1n) is 5.57. The molecule has 1 fully saturated rings. The van der Waals surface area contributed by atoms with Gasteiger partial charge in [-0.15, -0.1) is 23.7 Å². The van der Waals surface area contributed by atoms with Crippen LogP contribution in [-0.2, 0) is 6.54 Å². The van der Waals surface area contributed by atoms with Crippen LogP contribution in [0.1, 0.15) is 23.5 Å². The van der Waals surface area contributed by atoms with Crippen molar-refractivity contribution < 1.29 is 0 Å². The molecule has 92 valence electrons. The lowest BCUT2D eigenvalue weighted by Crippen LogP contribution is -2.40. The number of rotatable bonds is 3. The molecule has 3 nitrogen and oxygen atoms in total. The molecule has 0 bridgehead atoms. The third-order valence-electron chi connectivity index (χ3n) is 3.01. The molecule has 1 aromatic rings. The molecular formula is C11H20ClN3S. The van der Waals surface area contributed by atoms with E-state index in [0.29, 0.717) is 0 Å². The number of hydrogen-bond acceptors (Lipinski definition) is 4. The quantitative estimate of drug-likeness (QED) is 0.903. The lowest BCUT2D eigenvalue weighted by molar-refractivity contribution is 0.190. The number of halogens is 1. The van der Waals surface area contributed by atoms with Gasteiger partial charge in [-0.25, -0.2) is 4.98 Å². The maximum absolute atomic E-state index is 4.51. The first-order valence-corrected chi connectivity index (χ1v) is 6.45. The second-order valence-electron chi connectivity index (χ2n) is 4.25. The molecule has 0 amide bonds. The Labute approximate surface area is 108 Å². The van der Waals surface area contributed by atoms with Crippen LogP contribution in [0.15, 0.2) is 5.38 Å². The molecule has 0 aromatic carbocycles. The van der Waals surface area contributed by atoms with E-state index in [1.807, 2.05) is 0 Å². The van der Waals surface area contributed by atoms with E-state index >= 15 is 0 Å². The van der Waals surface area contributed by atoms with Gasteiger partial charge in [0, 0.05) is 18.0 Å². The summed E-state index contributed by atoms with van der Waals surface area (Å²) < 4.78 is 0. The zero-order chi connectivity index (χ0) is 10.7. The SMILES string of the molecule is Cc1nc(CN(C)C2CCNCC2)cs1.Cl. The van der Waals surface area contributed by atoms with E-state index in [2.05, 4.69) is 34.6 Å². The highest BCUT2D eigenvalue weighted by Gasteiger charge is 2.18. The van der Waals surface area contributed by atoms with Gasteiger partial charge in [-0.1, -0.05) is 0 Å². The van der Waals surface area contributed by atoms with E-state index in [1.54, 1.807) is 11.3 Å². The molecule has 16 heavy (non-hydrogen) atoms. The number of piperidine rings is 1. The van der Waals surface area contributed by atoms with Crippen molar-refractivity contribution in [1.82, 2.24) is 15.2 Å². The van der Waals surface area contributed by atoms with E-state index < -0.39 is 0 Å². The van der Waals surface area contributed by atoms with Gasteiger partial charge in [0.2, 0.25) is 0 Å². The number of nitrogens with zero attached hydrogens (tertiary/aromatic N) is 2. The van der Waals surface area contributed by atoms with Crippen LogP contribution in [0.2, 0.25) is 0 Å². The lowest BCUT2D eigenvalue weighted by atomic mass is 10.1. The highest BCUT2D eigenvalue weighted by atomic mass is 35.5. The smallest absolute Gasteiger partial charge is 0.0897 e. The third-order valence-corrected chi connectivity index (χ3v) is 3.83. The third kappa shape index (κ3) is 3.70. The number of aromatic nitrogens is 1. The molecule has 0 unspecified atom stereocenters. The van der Waals surface area contributed by atoms with E-state index in [0.717, 1.165) is 25.7 Å². The van der Waals surface area contributed by atoms with E-state index in [-0.39, 0.29) is 12.4 Å². The van der Waals surface area contributed by atoms with Gasteiger partial charge in [0.1, 0.15) is 0 Å². The highest BCUT2D eigenvalue weighted by Crippen LogP contribution is 2.15. The summed E-state index contributed by atoms with van der Waals surface area (Å²) in [6.45, 7) is 5.38. The summed E-state index contributed by atoms with van der Waals surface area (Å²) in [4.78, 5) is 6.95. The molecule has 1 aliphatic rings. The Kier molecular flexibility index (Phi) is 5.69. The van der Waals surface area contributed by atoms with Crippen molar-refractivity contribution in [2.45, 2.75) is 32.4 Å². The predicted octanol–water partition coefficient (Wildman–Crippen LogP) is 2.06. The first-order chi connectivity index (χ1) is 7.25. The summed E-state index contributed by atoms with van der Waals surface area (Å²) in [6.07, 6.45) is 2.53. The summed E-state index contributed by atoms with van der Waals surface area (Å²) in [5, 5.41) is 6.74. The van der Waals surface area contributed by atoms with Crippen LogP contribution in [0.4, 0.5) is 0 Å². The fourth-order valence-electron chi connectivity index (χ4n) is 2.11. The zero-order valence-electron chi connectivity index (χ0n) is 9.90. The van der Waals surface area contributed by atoms with Crippen LogP contribution in [0.5, 0.6) is 0 Å². The summed E-state index contributed by atoms with van der Waals surface area (Å²) >= 11 is 1.74. The molecule has 1 saturated heterocycles. The van der Waals surface area contributed by atoms with Gasteiger partial charge >= 0.3 is 0 Å². The minimum atomic E-state index is 0. The van der Waals surface area contributed by atoms with Gasteiger partial charge in [0.05, 0.1) is 10.7 Å².